The van der Waals surface area contributed by atoms with E-state index in [1.807, 2.05) is 37.1 Å². The molecule has 0 saturated carbocycles. The van der Waals surface area contributed by atoms with Gasteiger partial charge in [0, 0.05) is 51.6 Å². The van der Waals surface area contributed by atoms with E-state index in [2.05, 4.69) is 25.3 Å². The summed E-state index contributed by atoms with van der Waals surface area (Å²) in [4.78, 5) is 30.0. The van der Waals surface area contributed by atoms with Gasteiger partial charge in [0.15, 0.2) is 0 Å². The number of aryl methyl sites for hydroxylation is 1. The number of carbonyl (C=O) groups is 1. The van der Waals surface area contributed by atoms with Crippen LogP contribution < -0.4 is 5.32 Å². The van der Waals surface area contributed by atoms with Gasteiger partial charge in [0.2, 0.25) is 5.91 Å². The minimum absolute atomic E-state index is 0.0337. The summed E-state index contributed by atoms with van der Waals surface area (Å²) in [6, 6.07) is 1.91. The Morgan fingerprint density at radius 1 is 1.33 bits per heavy atom. The van der Waals surface area contributed by atoms with Crippen LogP contribution in [-0.2, 0) is 11.8 Å². The number of anilines is 1. The fourth-order valence-electron chi connectivity index (χ4n) is 3.42. The first-order valence-electron chi connectivity index (χ1n) is 7.90. The zero-order valence-electron chi connectivity index (χ0n) is 13.6. The van der Waals surface area contributed by atoms with Gasteiger partial charge in [-0.05, 0) is 6.07 Å². The molecule has 4 rings (SSSR count). The molecule has 4 heterocycles. The van der Waals surface area contributed by atoms with Crippen molar-refractivity contribution < 1.29 is 4.79 Å². The SMILES string of the molecule is CN1C(=O)C[C@@H](CNc2ncnc3[nH]ccc23)[C@@H]1c1nccn1C. The van der Waals surface area contributed by atoms with Crippen LogP contribution in [0.2, 0.25) is 0 Å². The average molecular weight is 325 g/mol. The van der Waals surface area contributed by atoms with Gasteiger partial charge < -0.3 is 19.8 Å². The second-order valence-corrected chi connectivity index (χ2v) is 6.15. The third kappa shape index (κ3) is 2.31. The molecule has 0 unspecified atom stereocenters. The van der Waals surface area contributed by atoms with Gasteiger partial charge in [0.05, 0.1) is 11.4 Å². The second-order valence-electron chi connectivity index (χ2n) is 6.15. The molecule has 1 aliphatic heterocycles. The quantitative estimate of drug-likeness (QED) is 0.755. The Morgan fingerprint density at radius 2 is 2.21 bits per heavy atom. The van der Waals surface area contributed by atoms with Crippen molar-refractivity contribution in [3.63, 3.8) is 0 Å². The Hall–Kier alpha value is -2.90. The first-order valence-corrected chi connectivity index (χ1v) is 7.90. The number of likely N-dealkylation sites (tertiary alicyclic amines) is 1. The van der Waals surface area contributed by atoms with Crippen molar-refractivity contribution in [2.24, 2.45) is 13.0 Å². The highest BCUT2D eigenvalue weighted by Crippen LogP contribution is 2.36. The van der Waals surface area contributed by atoms with Crippen molar-refractivity contribution >= 4 is 22.8 Å². The standard InChI is InChI=1S/C16H19N7O/c1-22-6-5-18-16(22)13-10(7-12(24)23(13)2)8-19-15-11-3-4-17-14(11)20-9-21-15/h3-6,9-10,13H,7-8H2,1-2H3,(H2,17,19,20,21)/t10-,13+/m0/s1. The molecule has 8 heteroatoms. The van der Waals surface area contributed by atoms with E-state index in [1.165, 1.54) is 6.33 Å². The number of nitrogens with zero attached hydrogens (tertiary/aromatic N) is 5. The van der Waals surface area contributed by atoms with Crippen molar-refractivity contribution in [3.05, 3.63) is 36.8 Å². The number of fused-ring (bicyclic) bond motifs is 1. The normalized spacial score (nSPS) is 20.9. The van der Waals surface area contributed by atoms with Crippen LogP contribution >= 0.6 is 0 Å². The highest BCUT2D eigenvalue weighted by Gasteiger charge is 2.40. The summed E-state index contributed by atoms with van der Waals surface area (Å²) in [5.74, 6) is 1.96. The zero-order chi connectivity index (χ0) is 16.7. The molecule has 0 aliphatic carbocycles. The first kappa shape index (κ1) is 14.7. The molecule has 1 aliphatic rings. The minimum Gasteiger partial charge on any atom is -0.369 e. The highest BCUT2D eigenvalue weighted by molar-refractivity contribution is 5.86. The average Bonchev–Trinajstić information content (AvgIpc) is 3.26. The fraction of sp³-hybridized carbons (Fsp3) is 0.375. The van der Waals surface area contributed by atoms with Crippen LogP contribution in [0.5, 0.6) is 0 Å². The first-order chi connectivity index (χ1) is 11.6. The lowest BCUT2D eigenvalue weighted by Crippen LogP contribution is -2.28. The predicted octanol–water partition coefficient (Wildman–Crippen LogP) is 1.32. The maximum atomic E-state index is 12.2. The van der Waals surface area contributed by atoms with Crippen molar-refractivity contribution in [1.29, 1.82) is 0 Å². The Morgan fingerprint density at radius 3 is 3.00 bits per heavy atom. The van der Waals surface area contributed by atoms with E-state index in [9.17, 15) is 4.79 Å². The molecule has 2 atom stereocenters. The molecule has 2 N–H and O–H groups in total. The Balaban J connectivity index is 1.58. The molecular formula is C16H19N7O. The summed E-state index contributed by atoms with van der Waals surface area (Å²) in [7, 11) is 3.80. The summed E-state index contributed by atoms with van der Waals surface area (Å²) in [5.41, 5.74) is 0.799. The number of amides is 1. The van der Waals surface area contributed by atoms with E-state index < -0.39 is 0 Å². The lowest BCUT2D eigenvalue weighted by molar-refractivity contribution is -0.127. The lowest BCUT2D eigenvalue weighted by atomic mass is 9.99. The third-order valence-corrected chi connectivity index (χ3v) is 4.70. The molecule has 1 amide bonds. The van der Waals surface area contributed by atoms with Crippen LogP contribution in [0.3, 0.4) is 0 Å². The number of imidazole rings is 1. The number of nitrogens with one attached hydrogen (secondary N) is 2. The molecule has 1 saturated heterocycles. The molecule has 0 aromatic carbocycles. The number of rotatable bonds is 4. The van der Waals surface area contributed by atoms with Crippen LogP contribution in [0, 0.1) is 5.92 Å². The Bertz CT molecular complexity index is 883. The Kier molecular flexibility index (Phi) is 3.44. The van der Waals surface area contributed by atoms with Crippen molar-refractivity contribution in [2.75, 3.05) is 18.9 Å². The molecule has 3 aromatic heterocycles. The van der Waals surface area contributed by atoms with Crippen molar-refractivity contribution in [1.82, 2.24) is 29.4 Å². The lowest BCUT2D eigenvalue weighted by Gasteiger charge is -2.24. The van der Waals surface area contributed by atoms with E-state index in [0.717, 1.165) is 22.7 Å². The number of aromatic amines is 1. The van der Waals surface area contributed by atoms with Gasteiger partial charge in [0.1, 0.15) is 23.6 Å². The van der Waals surface area contributed by atoms with Gasteiger partial charge in [0.25, 0.3) is 0 Å². The molecule has 0 spiro atoms. The number of H-pyrrole nitrogens is 1. The van der Waals surface area contributed by atoms with E-state index in [1.54, 1.807) is 11.1 Å². The minimum atomic E-state index is -0.0337. The van der Waals surface area contributed by atoms with E-state index in [4.69, 9.17) is 0 Å². The van der Waals surface area contributed by atoms with Crippen LogP contribution in [-0.4, -0.2) is 48.9 Å². The number of hydrogen-bond acceptors (Lipinski definition) is 5. The van der Waals surface area contributed by atoms with Crippen LogP contribution in [0.1, 0.15) is 18.3 Å². The monoisotopic (exact) mass is 325 g/mol. The summed E-state index contributed by atoms with van der Waals surface area (Å²) in [6.45, 7) is 0.644. The van der Waals surface area contributed by atoms with Crippen LogP contribution in [0.15, 0.2) is 31.0 Å². The molecular weight excluding hydrogens is 306 g/mol. The van der Waals surface area contributed by atoms with Crippen LogP contribution in [0.25, 0.3) is 11.0 Å². The summed E-state index contributed by atoms with van der Waals surface area (Å²) in [6.07, 6.45) is 7.55. The van der Waals surface area contributed by atoms with Crippen LogP contribution in [0.4, 0.5) is 5.82 Å². The molecule has 8 nitrogen and oxygen atoms in total. The number of hydrogen-bond donors (Lipinski definition) is 2. The maximum Gasteiger partial charge on any atom is 0.223 e. The maximum absolute atomic E-state index is 12.2. The van der Waals surface area contributed by atoms with Gasteiger partial charge in [-0.15, -0.1) is 0 Å². The van der Waals surface area contributed by atoms with E-state index >= 15 is 0 Å². The molecule has 0 bridgehead atoms. The second kappa shape index (κ2) is 5.63. The summed E-state index contributed by atoms with van der Waals surface area (Å²) in [5, 5.41) is 4.33. The van der Waals surface area contributed by atoms with E-state index in [-0.39, 0.29) is 17.9 Å². The zero-order valence-corrected chi connectivity index (χ0v) is 13.6. The summed E-state index contributed by atoms with van der Waals surface area (Å²) < 4.78 is 1.97. The van der Waals surface area contributed by atoms with Gasteiger partial charge in [-0.2, -0.15) is 0 Å². The molecule has 0 radical (unpaired) electrons. The van der Waals surface area contributed by atoms with Crippen molar-refractivity contribution in [2.45, 2.75) is 12.5 Å². The number of carbonyl (C=O) groups excluding carboxylic acids is 1. The number of aromatic nitrogens is 5. The topological polar surface area (TPSA) is 91.7 Å². The molecule has 1 fully saturated rings. The molecule has 124 valence electrons. The fourth-order valence-corrected chi connectivity index (χ4v) is 3.42. The van der Waals surface area contributed by atoms with Gasteiger partial charge >= 0.3 is 0 Å². The smallest absolute Gasteiger partial charge is 0.223 e. The predicted molar refractivity (Wildman–Crippen MR) is 89.2 cm³/mol. The van der Waals surface area contributed by atoms with Gasteiger partial charge in [-0.1, -0.05) is 0 Å². The van der Waals surface area contributed by atoms with Crippen molar-refractivity contribution in [3.8, 4) is 0 Å². The summed E-state index contributed by atoms with van der Waals surface area (Å²) >= 11 is 0. The molecule has 24 heavy (non-hydrogen) atoms. The largest absolute Gasteiger partial charge is 0.369 e. The van der Waals surface area contributed by atoms with E-state index in [0.29, 0.717) is 13.0 Å². The highest BCUT2D eigenvalue weighted by atomic mass is 16.2. The van der Waals surface area contributed by atoms with Gasteiger partial charge in [-0.3, -0.25) is 4.79 Å². The third-order valence-electron chi connectivity index (χ3n) is 4.70. The van der Waals surface area contributed by atoms with Gasteiger partial charge in [-0.25, -0.2) is 15.0 Å². The Labute approximate surface area is 138 Å². The molecule has 3 aromatic rings.